The van der Waals surface area contributed by atoms with E-state index in [0.29, 0.717) is 12.4 Å². The highest BCUT2D eigenvalue weighted by Crippen LogP contribution is 2.26. The van der Waals surface area contributed by atoms with Crippen molar-refractivity contribution < 1.29 is 23.9 Å². The third kappa shape index (κ3) is 5.81. The van der Waals surface area contributed by atoms with Crippen molar-refractivity contribution in [3.63, 3.8) is 0 Å². The fourth-order valence-corrected chi connectivity index (χ4v) is 2.79. The number of amides is 2. The molecule has 0 aliphatic rings. The summed E-state index contributed by atoms with van der Waals surface area (Å²) in [6.45, 7) is 7.97. The smallest absolute Gasteiger partial charge is 0.340 e. The predicted octanol–water partition coefficient (Wildman–Crippen LogP) is 3.39. The lowest BCUT2D eigenvalue weighted by atomic mass is 10.0. The zero-order chi connectivity index (χ0) is 21.4. The van der Waals surface area contributed by atoms with Gasteiger partial charge in [0.2, 0.25) is 0 Å². The van der Waals surface area contributed by atoms with E-state index in [9.17, 15) is 14.4 Å². The van der Waals surface area contributed by atoms with E-state index in [4.69, 9.17) is 9.47 Å². The minimum atomic E-state index is -0.876. The molecule has 2 N–H and O–H groups in total. The van der Waals surface area contributed by atoms with Gasteiger partial charge in [-0.2, -0.15) is 0 Å². The number of carbonyl (C=O) groups excluding carboxylic acids is 3. The zero-order valence-corrected chi connectivity index (χ0v) is 17.1. The Morgan fingerprint density at radius 1 is 1.00 bits per heavy atom. The van der Waals surface area contributed by atoms with Crippen LogP contribution in [0, 0.1) is 6.92 Å². The number of nitrogens with one attached hydrogen (secondary N) is 2. The number of hydrogen-bond donors (Lipinski definition) is 2. The molecule has 0 fully saturated rings. The van der Waals surface area contributed by atoms with Crippen LogP contribution in [-0.2, 0) is 14.3 Å². The van der Waals surface area contributed by atoms with Crippen molar-refractivity contribution >= 4 is 23.5 Å². The molecule has 0 heterocycles. The quantitative estimate of drug-likeness (QED) is 0.551. The second-order valence-electron chi connectivity index (χ2n) is 6.39. The number of anilines is 1. The molecule has 0 aliphatic carbocycles. The number of carbonyl (C=O) groups is 3. The molecule has 2 aromatic carbocycles. The SMILES string of the molecule is CCOC(=O)c1ccccc1NC(=O)C(=O)NC(C)c1cc(C)ccc1OCC. The molecule has 0 saturated carbocycles. The van der Waals surface area contributed by atoms with Crippen LogP contribution in [0.5, 0.6) is 5.75 Å². The van der Waals surface area contributed by atoms with Crippen molar-refractivity contribution in [2.24, 2.45) is 0 Å². The second-order valence-corrected chi connectivity index (χ2v) is 6.39. The van der Waals surface area contributed by atoms with Crippen molar-refractivity contribution in [3.8, 4) is 5.75 Å². The summed E-state index contributed by atoms with van der Waals surface area (Å²) in [5.74, 6) is -1.61. The molecule has 0 bridgehead atoms. The molecule has 29 heavy (non-hydrogen) atoms. The maximum atomic E-state index is 12.4. The van der Waals surface area contributed by atoms with E-state index in [2.05, 4.69) is 10.6 Å². The molecule has 2 rings (SSSR count). The Kier molecular flexibility index (Phi) is 7.77. The molecule has 0 aliphatic heterocycles. The lowest BCUT2D eigenvalue weighted by Gasteiger charge is -2.18. The van der Waals surface area contributed by atoms with Gasteiger partial charge in [-0.15, -0.1) is 0 Å². The highest BCUT2D eigenvalue weighted by atomic mass is 16.5. The van der Waals surface area contributed by atoms with Crippen LogP contribution in [0.4, 0.5) is 5.69 Å². The summed E-state index contributed by atoms with van der Waals surface area (Å²) in [6, 6.07) is 11.6. The summed E-state index contributed by atoms with van der Waals surface area (Å²) in [5.41, 5.74) is 2.18. The Labute approximate surface area is 170 Å². The van der Waals surface area contributed by atoms with Crippen LogP contribution in [0.2, 0.25) is 0 Å². The molecular formula is C22H26N2O5. The van der Waals surface area contributed by atoms with Gasteiger partial charge >= 0.3 is 17.8 Å². The van der Waals surface area contributed by atoms with Gasteiger partial charge in [0.05, 0.1) is 30.5 Å². The van der Waals surface area contributed by atoms with E-state index >= 15 is 0 Å². The van der Waals surface area contributed by atoms with Gasteiger partial charge in [-0.25, -0.2) is 4.79 Å². The first kappa shape index (κ1) is 21.9. The molecule has 0 saturated heterocycles. The van der Waals surface area contributed by atoms with Gasteiger partial charge in [0.25, 0.3) is 0 Å². The lowest BCUT2D eigenvalue weighted by Crippen LogP contribution is -2.37. The van der Waals surface area contributed by atoms with Gasteiger partial charge in [-0.3, -0.25) is 9.59 Å². The van der Waals surface area contributed by atoms with Gasteiger partial charge < -0.3 is 20.1 Å². The number of aryl methyl sites for hydroxylation is 1. The molecule has 7 heteroatoms. The van der Waals surface area contributed by atoms with Crippen molar-refractivity contribution in [2.45, 2.75) is 33.7 Å². The molecule has 0 radical (unpaired) electrons. The minimum absolute atomic E-state index is 0.181. The lowest BCUT2D eigenvalue weighted by molar-refractivity contribution is -0.136. The average Bonchev–Trinajstić information content (AvgIpc) is 2.69. The molecule has 2 aromatic rings. The topological polar surface area (TPSA) is 93.7 Å². The van der Waals surface area contributed by atoms with E-state index in [1.807, 2.05) is 32.0 Å². The Bertz CT molecular complexity index is 895. The summed E-state index contributed by atoms with van der Waals surface area (Å²) in [4.78, 5) is 36.8. The number of para-hydroxylation sites is 1. The fraction of sp³-hybridized carbons (Fsp3) is 0.318. The normalized spacial score (nSPS) is 11.3. The van der Waals surface area contributed by atoms with Gasteiger partial charge in [-0.1, -0.05) is 29.8 Å². The van der Waals surface area contributed by atoms with Crippen molar-refractivity contribution in [1.82, 2.24) is 5.32 Å². The average molecular weight is 398 g/mol. The van der Waals surface area contributed by atoms with Crippen LogP contribution in [0.3, 0.4) is 0 Å². The van der Waals surface area contributed by atoms with Crippen LogP contribution >= 0.6 is 0 Å². The van der Waals surface area contributed by atoms with E-state index in [1.165, 1.54) is 12.1 Å². The van der Waals surface area contributed by atoms with Gasteiger partial charge in [0.1, 0.15) is 5.75 Å². The Balaban J connectivity index is 2.12. The minimum Gasteiger partial charge on any atom is -0.494 e. The molecule has 2 amide bonds. The highest BCUT2D eigenvalue weighted by Gasteiger charge is 2.21. The second kappa shape index (κ2) is 10.3. The third-order valence-corrected chi connectivity index (χ3v) is 4.16. The van der Waals surface area contributed by atoms with E-state index in [0.717, 1.165) is 11.1 Å². The van der Waals surface area contributed by atoms with Crippen molar-refractivity contribution in [3.05, 3.63) is 59.2 Å². The Morgan fingerprint density at radius 3 is 2.41 bits per heavy atom. The Hall–Kier alpha value is -3.35. The molecular weight excluding hydrogens is 372 g/mol. The first-order valence-corrected chi connectivity index (χ1v) is 9.48. The van der Waals surface area contributed by atoms with E-state index in [1.54, 1.807) is 26.0 Å². The maximum absolute atomic E-state index is 12.4. The fourth-order valence-electron chi connectivity index (χ4n) is 2.79. The molecule has 7 nitrogen and oxygen atoms in total. The van der Waals surface area contributed by atoms with Crippen molar-refractivity contribution in [2.75, 3.05) is 18.5 Å². The Morgan fingerprint density at radius 2 is 1.72 bits per heavy atom. The maximum Gasteiger partial charge on any atom is 0.340 e. The molecule has 1 atom stereocenters. The summed E-state index contributed by atoms with van der Waals surface area (Å²) in [7, 11) is 0. The monoisotopic (exact) mass is 398 g/mol. The molecule has 1 unspecified atom stereocenters. The van der Waals surface area contributed by atoms with Gasteiger partial charge in [0.15, 0.2) is 0 Å². The number of hydrogen-bond acceptors (Lipinski definition) is 5. The standard InChI is InChI=1S/C22H26N2O5/c1-5-28-19-12-11-14(3)13-17(19)15(4)23-20(25)21(26)24-18-10-8-7-9-16(18)22(27)29-6-2/h7-13,15H,5-6H2,1-4H3,(H,23,25)(H,24,26). The van der Waals surface area contributed by atoms with Crippen LogP contribution in [0.1, 0.15) is 48.3 Å². The number of ether oxygens (including phenoxy) is 2. The predicted molar refractivity (Wildman–Crippen MR) is 110 cm³/mol. The summed E-state index contributed by atoms with van der Waals surface area (Å²) in [5, 5.41) is 5.14. The number of rotatable bonds is 7. The van der Waals surface area contributed by atoms with Crippen LogP contribution in [0.15, 0.2) is 42.5 Å². The largest absolute Gasteiger partial charge is 0.494 e. The summed E-state index contributed by atoms with van der Waals surface area (Å²) < 4.78 is 10.6. The highest BCUT2D eigenvalue weighted by molar-refractivity contribution is 6.40. The summed E-state index contributed by atoms with van der Waals surface area (Å²) in [6.07, 6.45) is 0. The zero-order valence-electron chi connectivity index (χ0n) is 17.1. The van der Waals surface area contributed by atoms with Crippen LogP contribution < -0.4 is 15.4 Å². The summed E-state index contributed by atoms with van der Waals surface area (Å²) >= 11 is 0. The number of benzene rings is 2. The van der Waals surface area contributed by atoms with Gasteiger partial charge in [0, 0.05) is 5.56 Å². The van der Waals surface area contributed by atoms with Crippen LogP contribution in [0.25, 0.3) is 0 Å². The molecule has 0 spiro atoms. The van der Waals surface area contributed by atoms with Crippen molar-refractivity contribution in [1.29, 1.82) is 0 Å². The number of esters is 1. The first-order valence-electron chi connectivity index (χ1n) is 9.48. The first-order chi connectivity index (χ1) is 13.9. The van der Waals surface area contributed by atoms with Crippen LogP contribution in [-0.4, -0.2) is 31.0 Å². The third-order valence-electron chi connectivity index (χ3n) is 4.16. The van der Waals surface area contributed by atoms with Gasteiger partial charge in [-0.05, 0) is 45.9 Å². The van der Waals surface area contributed by atoms with E-state index in [-0.39, 0.29) is 17.9 Å². The molecule has 0 aromatic heterocycles. The van der Waals surface area contributed by atoms with E-state index < -0.39 is 23.8 Å². The molecule has 154 valence electrons.